The molecule has 0 radical (unpaired) electrons. The molecule has 0 aliphatic rings. The summed E-state index contributed by atoms with van der Waals surface area (Å²) in [4.78, 5) is 9.22. The second-order valence-electron chi connectivity index (χ2n) is 4.02. The SMILES string of the molecule is Cc1nc(N)sc1-c1nc(-c2ccc(Cl)c(Cl)c2)no1. The van der Waals surface area contributed by atoms with E-state index in [1.54, 1.807) is 18.2 Å². The van der Waals surface area contributed by atoms with Crippen molar-refractivity contribution in [3.05, 3.63) is 33.9 Å². The van der Waals surface area contributed by atoms with Crippen molar-refractivity contribution in [1.29, 1.82) is 0 Å². The van der Waals surface area contributed by atoms with Crippen molar-refractivity contribution in [2.75, 3.05) is 5.73 Å². The van der Waals surface area contributed by atoms with Crippen molar-refractivity contribution < 1.29 is 4.52 Å². The standard InChI is InChI=1S/C12H8Cl2N4OS/c1-5-9(20-12(15)16-5)11-17-10(18-19-11)6-2-3-7(13)8(14)4-6/h2-4H,1H3,(H2,15,16). The summed E-state index contributed by atoms with van der Waals surface area (Å²) in [6.07, 6.45) is 0. The molecule has 0 unspecified atom stereocenters. The van der Waals surface area contributed by atoms with Gasteiger partial charge < -0.3 is 10.3 Å². The molecule has 3 rings (SSSR count). The van der Waals surface area contributed by atoms with E-state index in [0.717, 1.165) is 16.1 Å². The zero-order valence-electron chi connectivity index (χ0n) is 10.2. The molecule has 3 aromatic rings. The second-order valence-corrected chi connectivity index (χ2v) is 5.86. The van der Waals surface area contributed by atoms with E-state index < -0.39 is 0 Å². The van der Waals surface area contributed by atoms with Crippen molar-refractivity contribution in [3.8, 4) is 22.2 Å². The van der Waals surface area contributed by atoms with Crippen LogP contribution in [0, 0.1) is 6.92 Å². The molecule has 2 aromatic heterocycles. The van der Waals surface area contributed by atoms with Crippen molar-refractivity contribution in [2.24, 2.45) is 0 Å². The lowest BCUT2D eigenvalue weighted by molar-refractivity contribution is 0.433. The minimum atomic E-state index is 0.387. The minimum absolute atomic E-state index is 0.387. The number of hydrogen-bond donors (Lipinski definition) is 1. The largest absolute Gasteiger partial charge is 0.375 e. The van der Waals surface area contributed by atoms with Crippen molar-refractivity contribution in [1.82, 2.24) is 15.1 Å². The predicted molar refractivity (Wildman–Crippen MR) is 80.0 cm³/mol. The van der Waals surface area contributed by atoms with Crippen molar-refractivity contribution in [2.45, 2.75) is 6.92 Å². The topological polar surface area (TPSA) is 77.8 Å². The monoisotopic (exact) mass is 326 g/mol. The Morgan fingerprint density at radius 2 is 2.00 bits per heavy atom. The van der Waals surface area contributed by atoms with E-state index in [0.29, 0.717) is 26.9 Å². The smallest absolute Gasteiger partial charge is 0.270 e. The summed E-state index contributed by atoms with van der Waals surface area (Å²) >= 11 is 13.2. The fourth-order valence-electron chi connectivity index (χ4n) is 1.68. The maximum atomic E-state index is 5.97. The van der Waals surface area contributed by atoms with Crippen LogP contribution in [-0.2, 0) is 0 Å². The van der Waals surface area contributed by atoms with E-state index in [9.17, 15) is 0 Å². The third-order valence-corrected chi connectivity index (χ3v) is 4.32. The van der Waals surface area contributed by atoms with E-state index in [1.807, 2.05) is 6.92 Å². The molecule has 0 saturated carbocycles. The molecule has 0 amide bonds. The van der Waals surface area contributed by atoms with Gasteiger partial charge in [-0.15, -0.1) is 0 Å². The molecule has 2 heterocycles. The van der Waals surface area contributed by atoms with Gasteiger partial charge in [0, 0.05) is 5.56 Å². The van der Waals surface area contributed by atoms with Gasteiger partial charge in [-0.05, 0) is 25.1 Å². The van der Waals surface area contributed by atoms with E-state index >= 15 is 0 Å². The van der Waals surface area contributed by atoms with Gasteiger partial charge in [-0.1, -0.05) is 39.7 Å². The number of hydrogen-bond acceptors (Lipinski definition) is 6. The molecule has 20 heavy (non-hydrogen) atoms. The third-order valence-electron chi connectivity index (χ3n) is 2.61. The Labute approximate surface area is 128 Å². The minimum Gasteiger partial charge on any atom is -0.375 e. The fourth-order valence-corrected chi connectivity index (χ4v) is 2.74. The molecular weight excluding hydrogens is 319 g/mol. The van der Waals surface area contributed by atoms with Crippen LogP contribution in [0.5, 0.6) is 0 Å². The summed E-state index contributed by atoms with van der Waals surface area (Å²) in [5, 5.41) is 5.31. The van der Waals surface area contributed by atoms with Gasteiger partial charge in [-0.2, -0.15) is 4.98 Å². The second kappa shape index (κ2) is 5.05. The Kier molecular flexibility index (Phi) is 3.37. The summed E-state index contributed by atoms with van der Waals surface area (Å²) in [6, 6.07) is 5.15. The van der Waals surface area contributed by atoms with Gasteiger partial charge in [0.2, 0.25) is 5.82 Å². The first-order valence-corrected chi connectivity index (χ1v) is 7.14. The van der Waals surface area contributed by atoms with Crippen molar-refractivity contribution in [3.63, 3.8) is 0 Å². The van der Waals surface area contributed by atoms with Crippen LogP contribution >= 0.6 is 34.5 Å². The molecule has 0 bridgehead atoms. The molecule has 5 nitrogen and oxygen atoms in total. The summed E-state index contributed by atoms with van der Waals surface area (Å²) < 4.78 is 5.25. The highest BCUT2D eigenvalue weighted by molar-refractivity contribution is 7.18. The summed E-state index contributed by atoms with van der Waals surface area (Å²) in [5.74, 6) is 0.822. The number of rotatable bonds is 2. The Bertz CT molecular complexity index is 784. The van der Waals surface area contributed by atoms with Gasteiger partial charge in [0.25, 0.3) is 5.89 Å². The van der Waals surface area contributed by atoms with Crippen LogP contribution < -0.4 is 5.73 Å². The zero-order chi connectivity index (χ0) is 14.3. The lowest BCUT2D eigenvalue weighted by Crippen LogP contribution is -1.82. The highest BCUT2D eigenvalue weighted by Gasteiger charge is 2.16. The number of nitrogens with two attached hydrogens (primary N) is 1. The van der Waals surface area contributed by atoms with Crippen LogP contribution in [0.1, 0.15) is 5.69 Å². The number of aromatic nitrogens is 3. The van der Waals surface area contributed by atoms with Crippen LogP contribution in [0.15, 0.2) is 22.7 Å². The van der Waals surface area contributed by atoms with E-state index in [1.165, 1.54) is 11.3 Å². The highest BCUT2D eigenvalue weighted by Crippen LogP contribution is 2.32. The molecule has 8 heteroatoms. The number of anilines is 1. The van der Waals surface area contributed by atoms with Crippen LogP contribution in [0.25, 0.3) is 22.2 Å². The Morgan fingerprint density at radius 3 is 2.65 bits per heavy atom. The number of thiazole rings is 1. The van der Waals surface area contributed by atoms with Crippen LogP contribution in [-0.4, -0.2) is 15.1 Å². The molecule has 102 valence electrons. The first-order chi connectivity index (χ1) is 9.54. The Hall–Kier alpha value is -1.63. The number of nitrogens with zero attached hydrogens (tertiary/aromatic N) is 3. The van der Waals surface area contributed by atoms with Crippen LogP contribution in [0.3, 0.4) is 0 Å². The number of halogens is 2. The average molecular weight is 327 g/mol. The molecule has 2 N–H and O–H groups in total. The fraction of sp³-hybridized carbons (Fsp3) is 0.0833. The molecule has 1 aromatic carbocycles. The molecule has 0 saturated heterocycles. The van der Waals surface area contributed by atoms with E-state index in [-0.39, 0.29) is 0 Å². The summed E-state index contributed by atoms with van der Waals surface area (Å²) in [6.45, 7) is 1.84. The quantitative estimate of drug-likeness (QED) is 0.768. The van der Waals surface area contributed by atoms with Crippen LogP contribution in [0.4, 0.5) is 5.13 Å². The zero-order valence-corrected chi connectivity index (χ0v) is 12.6. The normalized spacial score (nSPS) is 10.9. The summed E-state index contributed by atoms with van der Waals surface area (Å²) in [5.41, 5.74) is 7.14. The molecule has 0 aliphatic carbocycles. The molecular formula is C12H8Cl2N4OS. The van der Waals surface area contributed by atoms with Gasteiger partial charge in [0.05, 0.1) is 15.7 Å². The van der Waals surface area contributed by atoms with E-state index in [2.05, 4.69) is 15.1 Å². The molecule has 0 fully saturated rings. The third kappa shape index (κ3) is 2.37. The Morgan fingerprint density at radius 1 is 1.20 bits per heavy atom. The van der Waals surface area contributed by atoms with E-state index in [4.69, 9.17) is 33.5 Å². The van der Waals surface area contributed by atoms with Crippen molar-refractivity contribution >= 4 is 39.7 Å². The summed E-state index contributed by atoms with van der Waals surface area (Å²) in [7, 11) is 0. The molecule has 0 spiro atoms. The lowest BCUT2D eigenvalue weighted by Gasteiger charge is -1.97. The van der Waals surface area contributed by atoms with Gasteiger partial charge in [0.15, 0.2) is 5.13 Å². The predicted octanol–water partition coefficient (Wildman–Crippen LogP) is 4.06. The Balaban J connectivity index is 2.01. The number of aryl methyl sites for hydroxylation is 1. The maximum Gasteiger partial charge on any atom is 0.270 e. The highest BCUT2D eigenvalue weighted by atomic mass is 35.5. The molecule has 0 aliphatic heterocycles. The number of benzene rings is 1. The first-order valence-electron chi connectivity index (χ1n) is 5.57. The average Bonchev–Trinajstić information content (AvgIpc) is 2.99. The van der Waals surface area contributed by atoms with Gasteiger partial charge in [-0.3, -0.25) is 0 Å². The van der Waals surface area contributed by atoms with Crippen LogP contribution in [0.2, 0.25) is 10.0 Å². The van der Waals surface area contributed by atoms with Gasteiger partial charge in [0.1, 0.15) is 4.88 Å². The molecule has 0 atom stereocenters. The van der Waals surface area contributed by atoms with Gasteiger partial charge >= 0.3 is 0 Å². The van der Waals surface area contributed by atoms with Gasteiger partial charge in [-0.25, -0.2) is 4.98 Å². The maximum absolute atomic E-state index is 5.97. The first kappa shape index (κ1) is 13.4. The lowest BCUT2D eigenvalue weighted by atomic mass is 10.2. The number of nitrogen functional groups attached to an aromatic ring is 1.